The maximum absolute atomic E-state index is 9.65. The Bertz CT molecular complexity index is 903. The van der Waals surface area contributed by atoms with E-state index >= 15 is 0 Å². The highest BCUT2D eigenvalue weighted by Crippen LogP contribution is 2.54. The summed E-state index contributed by atoms with van der Waals surface area (Å²) in [5.41, 5.74) is 4.12. The van der Waals surface area contributed by atoms with Gasteiger partial charge >= 0.3 is 0 Å². The van der Waals surface area contributed by atoms with Gasteiger partial charge in [0, 0.05) is 23.2 Å². The van der Waals surface area contributed by atoms with E-state index in [0.29, 0.717) is 5.56 Å². The first-order valence-electron chi connectivity index (χ1n) is 10.4. The molecule has 0 saturated heterocycles. The molecule has 0 aromatic carbocycles. The predicted octanol–water partition coefficient (Wildman–Crippen LogP) is 6.88. The van der Waals surface area contributed by atoms with Gasteiger partial charge in [0.15, 0.2) is 0 Å². The molecule has 1 fully saturated rings. The molecular weight excluding hydrogens is 364 g/mol. The van der Waals surface area contributed by atoms with Crippen molar-refractivity contribution in [3.63, 3.8) is 0 Å². The van der Waals surface area contributed by atoms with Crippen LogP contribution in [0.25, 0.3) is 5.76 Å². The summed E-state index contributed by atoms with van der Waals surface area (Å²) in [6, 6.07) is 3.94. The molecule has 4 heteroatoms. The van der Waals surface area contributed by atoms with Gasteiger partial charge in [0.2, 0.25) is 0 Å². The number of aliphatic hydroxyl groups excluding tert-OH is 1. The van der Waals surface area contributed by atoms with Gasteiger partial charge in [-0.3, -0.25) is 0 Å². The molecule has 0 bridgehead atoms. The molecule has 0 spiro atoms. The fourth-order valence-corrected chi connectivity index (χ4v) is 6.11. The Morgan fingerprint density at radius 3 is 2.43 bits per heavy atom. The average Bonchev–Trinajstić information content (AvgIpc) is 3.38. The Morgan fingerprint density at radius 1 is 1.21 bits per heavy atom. The van der Waals surface area contributed by atoms with Crippen LogP contribution in [0.4, 0.5) is 10.8 Å². The lowest BCUT2D eigenvalue weighted by molar-refractivity contribution is 0.337. The van der Waals surface area contributed by atoms with Crippen molar-refractivity contribution in [3.05, 3.63) is 46.5 Å². The second kappa shape index (κ2) is 6.62. The van der Waals surface area contributed by atoms with Crippen molar-refractivity contribution in [2.45, 2.75) is 71.1 Å². The Hall–Kier alpha value is -1.81. The molecular formula is C24H32N2OS. The van der Waals surface area contributed by atoms with E-state index in [4.69, 9.17) is 0 Å². The van der Waals surface area contributed by atoms with E-state index in [1.54, 1.807) is 16.6 Å². The normalized spacial score (nSPS) is 19.9. The molecule has 1 saturated carbocycles. The molecule has 1 N–H and O–H groups in total. The molecule has 2 aromatic rings. The number of rotatable bonds is 5. The maximum Gasteiger partial charge on any atom is 0.133 e. The monoisotopic (exact) mass is 396 g/mol. The first-order chi connectivity index (χ1) is 13.1. The fourth-order valence-electron chi connectivity index (χ4n) is 4.47. The summed E-state index contributed by atoms with van der Waals surface area (Å²) in [6.07, 6.45) is 6.82. The third-order valence-electron chi connectivity index (χ3n) is 6.53. The van der Waals surface area contributed by atoms with Crippen LogP contribution in [0.5, 0.6) is 0 Å². The topological polar surface area (TPSA) is 36.4 Å². The van der Waals surface area contributed by atoms with Crippen LogP contribution >= 0.6 is 11.3 Å². The molecule has 3 nitrogen and oxygen atoms in total. The summed E-state index contributed by atoms with van der Waals surface area (Å²) < 4.78 is 0. The summed E-state index contributed by atoms with van der Waals surface area (Å²) in [5, 5.41) is 11.0. The van der Waals surface area contributed by atoms with Crippen LogP contribution in [0, 0.1) is 12.8 Å². The van der Waals surface area contributed by atoms with E-state index in [1.807, 2.05) is 23.5 Å². The van der Waals surface area contributed by atoms with Gasteiger partial charge in [-0.15, -0.1) is 11.3 Å². The minimum absolute atomic E-state index is 0.0686. The summed E-state index contributed by atoms with van der Waals surface area (Å²) in [7, 11) is 0. The number of pyridine rings is 1. The van der Waals surface area contributed by atoms with Crippen molar-refractivity contribution in [2.24, 2.45) is 5.92 Å². The van der Waals surface area contributed by atoms with Crippen molar-refractivity contribution in [1.29, 1.82) is 0 Å². The second-order valence-corrected chi connectivity index (χ2v) is 10.9. The van der Waals surface area contributed by atoms with Gasteiger partial charge in [0.25, 0.3) is 0 Å². The van der Waals surface area contributed by atoms with Crippen molar-refractivity contribution in [3.8, 4) is 0 Å². The van der Waals surface area contributed by atoms with E-state index in [9.17, 15) is 5.11 Å². The Balaban J connectivity index is 1.81. The number of hydrogen-bond acceptors (Lipinski definition) is 4. The number of fused-ring (bicyclic) bond motifs is 1. The Labute approximate surface area is 173 Å². The van der Waals surface area contributed by atoms with Crippen LogP contribution in [0.3, 0.4) is 0 Å². The van der Waals surface area contributed by atoms with Gasteiger partial charge in [0.1, 0.15) is 16.6 Å². The molecule has 2 aliphatic rings. The maximum atomic E-state index is 9.65. The standard InChI is InChI=1S/C24H32N2OS/c1-15-20-21(24(5,6)12-11-23(20,3)4)28-22(15)26(14-17-7-8-17)19-10-9-18(13-25-19)16(2)27/h9-10,13,17,27H,2,7-8,11-12,14H2,1,3-6H3. The molecule has 2 aromatic heterocycles. The molecule has 0 aliphatic heterocycles. The van der Waals surface area contributed by atoms with Crippen LogP contribution < -0.4 is 4.90 Å². The van der Waals surface area contributed by atoms with Crippen molar-refractivity contribution in [1.82, 2.24) is 4.98 Å². The molecule has 0 atom stereocenters. The zero-order valence-corrected chi connectivity index (χ0v) is 18.6. The van der Waals surface area contributed by atoms with Gasteiger partial charge in [-0.2, -0.15) is 0 Å². The number of thiophene rings is 1. The van der Waals surface area contributed by atoms with Gasteiger partial charge in [-0.05, 0) is 72.6 Å². The van der Waals surface area contributed by atoms with Crippen LogP contribution in [-0.4, -0.2) is 16.6 Å². The lowest BCUT2D eigenvalue weighted by Crippen LogP contribution is -2.32. The van der Waals surface area contributed by atoms with Crippen LogP contribution in [0.2, 0.25) is 0 Å². The number of anilines is 2. The minimum Gasteiger partial charge on any atom is -0.508 e. The molecule has 28 heavy (non-hydrogen) atoms. The highest BCUT2D eigenvalue weighted by atomic mass is 32.1. The molecule has 0 amide bonds. The number of aromatic nitrogens is 1. The van der Waals surface area contributed by atoms with Crippen LogP contribution in [0.1, 0.15) is 74.9 Å². The zero-order chi connectivity index (χ0) is 20.3. The average molecular weight is 397 g/mol. The SMILES string of the molecule is C=C(O)c1ccc(N(CC2CC2)c2sc3c(c2C)C(C)(C)CCC3(C)C)nc1. The third kappa shape index (κ3) is 3.36. The van der Waals surface area contributed by atoms with E-state index in [2.05, 4.69) is 51.1 Å². The molecule has 0 unspecified atom stereocenters. The predicted molar refractivity (Wildman–Crippen MR) is 120 cm³/mol. The van der Waals surface area contributed by atoms with Crippen LogP contribution in [0.15, 0.2) is 24.9 Å². The van der Waals surface area contributed by atoms with E-state index < -0.39 is 0 Å². The minimum atomic E-state index is 0.0686. The van der Waals surface area contributed by atoms with Gasteiger partial charge < -0.3 is 10.0 Å². The van der Waals surface area contributed by atoms with Gasteiger partial charge in [-0.25, -0.2) is 4.98 Å². The van der Waals surface area contributed by atoms with Crippen molar-refractivity contribution >= 4 is 27.9 Å². The molecule has 0 radical (unpaired) electrons. The first kappa shape index (κ1) is 19.5. The Kier molecular flexibility index (Phi) is 4.61. The number of hydrogen-bond donors (Lipinski definition) is 1. The fraction of sp³-hybridized carbons (Fsp3) is 0.542. The number of nitrogens with zero attached hydrogens (tertiary/aromatic N) is 2. The van der Waals surface area contributed by atoms with Gasteiger partial charge in [-0.1, -0.05) is 34.3 Å². The summed E-state index contributed by atoms with van der Waals surface area (Å²) in [5.74, 6) is 1.79. The highest BCUT2D eigenvalue weighted by Gasteiger charge is 2.42. The van der Waals surface area contributed by atoms with E-state index in [-0.39, 0.29) is 16.6 Å². The van der Waals surface area contributed by atoms with Crippen molar-refractivity contribution < 1.29 is 5.11 Å². The molecule has 2 aliphatic carbocycles. The Morgan fingerprint density at radius 2 is 1.89 bits per heavy atom. The van der Waals surface area contributed by atoms with E-state index in [1.165, 1.54) is 36.2 Å². The smallest absolute Gasteiger partial charge is 0.133 e. The largest absolute Gasteiger partial charge is 0.508 e. The summed E-state index contributed by atoms with van der Waals surface area (Å²) in [6.45, 7) is 16.5. The summed E-state index contributed by atoms with van der Waals surface area (Å²) >= 11 is 1.97. The molecule has 2 heterocycles. The third-order valence-corrected chi connectivity index (χ3v) is 8.21. The molecule has 4 rings (SSSR count). The lowest BCUT2D eigenvalue weighted by Gasteiger charge is -2.39. The molecule has 150 valence electrons. The summed E-state index contributed by atoms with van der Waals surface area (Å²) in [4.78, 5) is 8.67. The van der Waals surface area contributed by atoms with E-state index in [0.717, 1.165) is 18.3 Å². The lowest BCUT2D eigenvalue weighted by atomic mass is 9.66. The first-order valence-corrected chi connectivity index (χ1v) is 11.2. The second-order valence-electron chi connectivity index (χ2n) is 9.91. The highest BCUT2D eigenvalue weighted by molar-refractivity contribution is 7.16. The van der Waals surface area contributed by atoms with Crippen LogP contribution in [-0.2, 0) is 10.8 Å². The quantitative estimate of drug-likeness (QED) is 0.560. The van der Waals surface area contributed by atoms with Crippen molar-refractivity contribution in [2.75, 3.05) is 11.4 Å². The number of aliphatic hydroxyl groups is 1. The van der Waals surface area contributed by atoms with Gasteiger partial charge in [0.05, 0.1) is 0 Å². The zero-order valence-electron chi connectivity index (χ0n) is 17.8.